The maximum absolute atomic E-state index is 5.84. The summed E-state index contributed by atoms with van der Waals surface area (Å²) in [6.07, 6.45) is 1.05. The van der Waals surface area contributed by atoms with E-state index in [1.807, 2.05) is 0 Å². The van der Waals surface area contributed by atoms with E-state index < -0.39 is 0 Å². The smallest absolute Gasteiger partial charge is 0.144 e. The molecule has 1 unspecified atom stereocenters. The summed E-state index contributed by atoms with van der Waals surface area (Å²) in [7, 11) is 0. The lowest BCUT2D eigenvalue weighted by atomic mass is 10.1. The molecule has 0 amide bonds. The van der Waals surface area contributed by atoms with Crippen LogP contribution in [0.4, 0.5) is 11.4 Å². The molecule has 1 fully saturated rings. The van der Waals surface area contributed by atoms with Crippen LogP contribution in [-0.4, -0.2) is 37.2 Å². The van der Waals surface area contributed by atoms with Crippen molar-refractivity contribution in [3.8, 4) is 5.75 Å². The predicted molar refractivity (Wildman–Crippen MR) is 79.2 cm³/mol. The quantitative estimate of drug-likeness (QED) is 0.907. The average Bonchev–Trinajstić information content (AvgIpc) is 2.44. The van der Waals surface area contributed by atoms with Gasteiger partial charge < -0.3 is 15.0 Å². The molecule has 1 aromatic rings. The highest BCUT2D eigenvalue weighted by Crippen LogP contribution is 2.40. The van der Waals surface area contributed by atoms with Gasteiger partial charge in [-0.05, 0) is 18.6 Å². The number of rotatable bonds is 3. The van der Waals surface area contributed by atoms with Crippen LogP contribution in [0.5, 0.6) is 5.75 Å². The Kier molecular flexibility index (Phi) is 3.55. The summed E-state index contributed by atoms with van der Waals surface area (Å²) in [5.74, 6) is 3.47. The van der Waals surface area contributed by atoms with Crippen molar-refractivity contribution in [2.75, 3.05) is 41.4 Å². The molecule has 1 saturated heterocycles. The number of anilines is 2. The number of para-hydroxylation sites is 1. The molecule has 3 nitrogen and oxygen atoms in total. The second kappa shape index (κ2) is 5.31. The largest absolute Gasteiger partial charge is 0.491 e. The molecule has 2 heterocycles. The van der Waals surface area contributed by atoms with Gasteiger partial charge in [-0.15, -0.1) is 0 Å². The van der Waals surface area contributed by atoms with Crippen LogP contribution in [0.2, 0.25) is 0 Å². The number of thioether (sulfide) groups is 1. The number of nitrogens with one attached hydrogen (secondary N) is 1. The SMILES string of the molecule is CCCOc1cccc2c1NCC1CSCCN21. The van der Waals surface area contributed by atoms with Gasteiger partial charge in [0.25, 0.3) is 0 Å². The monoisotopic (exact) mass is 264 g/mol. The summed E-state index contributed by atoms with van der Waals surface area (Å²) < 4.78 is 5.84. The second-order valence-electron chi connectivity index (χ2n) is 4.80. The van der Waals surface area contributed by atoms with Crippen molar-refractivity contribution in [1.82, 2.24) is 0 Å². The Hall–Kier alpha value is -1.03. The van der Waals surface area contributed by atoms with Crippen LogP contribution in [0.3, 0.4) is 0 Å². The third-order valence-electron chi connectivity index (χ3n) is 3.52. The summed E-state index contributed by atoms with van der Waals surface area (Å²) in [4.78, 5) is 2.54. The molecule has 0 bridgehead atoms. The van der Waals surface area contributed by atoms with E-state index in [0.29, 0.717) is 6.04 Å². The lowest BCUT2D eigenvalue weighted by molar-refractivity contribution is 0.318. The molecule has 0 spiro atoms. The van der Waals surface area contributed by atoms with E-state index in [1.54, 1.807) is 0 Å². The molecular formula is C14H20N2OS. The maximum atomic E-state index is 5.84. The van der Waals surface area contributed by atoms with E-state index >= 15 is 0 Å². The zero-order chi connectivity index (χ0) is 12.4. The van der Waals surface area contributed by atoms with Gasteiger partial charge in [0.15, 0.2) is 0 Å². The molecule has 0 aromatic heterocycles. The van der Waals surface area contributed by atoms with Crippen molar-refractivity contribution in [3.63, 3.8) is 0 Å². The summed E-state index contributed by atoms with van der Waals surface area (Å²) >= 11 is 2.06. The van der Waals surface area contributed by atoms with E-state index in [-0.39, 0.29) is 0 Å². The first-order valence-corrected chi connectivity index (χ1v) is 7.89. The number of ether oxygens (including phenoxy) is 1. The lowest BCUT2D eigenvalue weighted by Crippen LogP contribution is -2.49. The predicted octanol–water partition coefficient (Wildman–Crippen LogP) is 2.82. The Morgan fingerprint density at radius 1 is 1.50 bits per heavy atom. The minimum Gasteiger partial charge on any atom is -0.491 e. The highest BCUT2D eigenvalue weighted by molar-refractivity contribution is 7.99. The molecule has 1 N–H and O–H groups in total. The molecule has 1 aromatic carbocycles. The molecule has 0 saturated carbocycles. The van der Waals surface area contributed by atoms with Gasteiger partial charge in [-0.3, -0.25) is 0 Å². The van der Waals surface area contributed by atoms with Crippen molar-refractivity contribution < 1.29 is 4.74 Å². The third-order valence-corrected chi connectivity index (χ3v) is 4.61. The summed E-state index contributed by atoms with van der Waals surface area (Å²) in [5, 5.41) is 3.56. The van der Waals surface area contributed by atoms with E-state index in [9.17, 15) is 0 Å². The first kappa shape index (κ1) is 12.0. The topological polar surface area (TPSA) is 24.5 Å². The highest BCUT2D eigenvalue weighted by atomic mass is 32.2. The fourth-order valence-electron chi connectivity index (χ4n) is 2.63. The van der Waals surface area contributed by atoms with E-state index in [0.717, 1.165) is 31.9 Å². The minimum absolute atomic E-state index is 0.637. The van der Waals surface area contributed by atoms with Crippen molar-refractivity contribution in [2.24, 2.45) is 0 Å². The van der Waals surface area contributed by atoms with E-state index in [1.165, 1.54) is 22.9 Å². The number of fused-ring (bicyclic) bond motifs is 3. The highest BCUT2D eigenvalue weighted by Gasteiger charge is 2.29. The molecule has 0 radical (unpaired) electrons. The van der Waals surface area contributed by atoms with Crippen LogP contribution in [0, 0.1) is 0 Å². The lowest BCUT2D eigenvalue weighted by Gasteiger charge is -2.42. The number of nitrogens with zero attached hydrogens (tertiary/aromatic N) is 1. The summed E-state index contributed by atoms with van der Waals surface area (Å²) in [6.45, 7) is 5.12. The van der Waals surface area contributed by atoms with Crippen molar-refractivity contribution in [2.45, 2.75) is 19.4 Å². The Bertz CT molecular complexity index is 424. The van der Waals surface area contributed by atoms with Crippen molar-refractivity contribution in [1.29, 1.82) is 0 Å². The van der Waals surface area contributed by atoms with Crippen LogP contribution < -0.4 is 15.0 Å². The molecule has 2 aliphatic rings. The van der Waals surface area contributed by atoms with Gasteiger partial charge in [0, 0.05) is 24.6 Å². The van der Waals surface area contributed by atoms with Gasteiger partial charge in [0.1, 0.15) is 11.4 Å². The van der Waals surface area contributed by atoms with Gasteiger partial charge in [-0.1, -0.05) is 13.0 Å². The molecule has 1 atom stereocenters. The van der Waals surface area contributed by atoms with Crippen LogP contribution in [-0.2, 0) is 0 Å². The fourth-order valence-corrected chi connectivity index (χ4v) is 3.69. The zero-order valence-corrected chi connectivity index (χ0v) is 11.6. The second-order valence-corrected chi connectivity index (χ2v) is 5.95. The summed E-state index contributed by atoms with van der Waals surface area (Å²) in [5.41, 5.74) is 2.51. The molecular weight excluding hydrogens is 244 g/mol. The molecule has 4 heteroatoms. The van der Waals surface area contributed by atoms with Gasteiger partial charge in [0.05, 0.1) is 18.3 Å². The maximum Gasteiger partial charge on any atom is 0.144 e. The third kappa shape index (κ3) is 2.14. The fraction of sp³-hybridized carbons (Fsp3) is 0.571. The van der Waals surface area contributed by atoms with Crippen molar-refractivity contribution in [3.05, 3.63) is 18.2 Å². The molecule has 18 heavy (non-hydrogen) atoms. The van der Waals surface area contributed by atoms with Gasteiger partial charge >= 0.3 is 0 Å². The van der Waals surface area contributed by atoms with Crippen LogP contribution >= 0.6 is 11.8 Å². The average molecular weight is 264 g/mol. The number of benzene rings is 1. The van der Waals surface area contributed by atoms with Crippen LogP contribution in [0.25, 0.3) is 0 Å². The Labute approximate surface area is 113 Å². The van der Waals surface area contributed by atoms with E-state index in [2.05, 4.69) is 47.1 Å². The number of hydrogen-bond donors (Lipinski definition) is 1. The Morgan fingerprint density at radius 3 is 3.33 bits per heavy atom. The minimum atomic E-state index is 0.637. The normalized spacial score (nSPS) is 21.8. The standard InChI is InChI=1S/C14H20N2OS/c1-2-7-17-13-5-3-4-12-14(13)15-9-11-10-18-8-6-16(11)12/h3-5,11,15H,2,6-10H2,1H3. The first-order chi connectivity index (χ1) is 8.90. The first-order valence-electron chi connectivity index (χ1n) is 6.74. The molecule has 0 aliphatic carbocycles. The molecule has 98 valence electrons. The molecule has 2 aliphatic heterocycles. The van der Waals surface area contributed by atoms with Gasteiger partial charge in [0.2, 0.25) is 0 Å². The molecule has 3 rings (SSSR count). The Balaban J connectivity index is 1.89. The zero-order valence-electron chi connectivity index (χ0n) is 10.8. The Morgan fingerprint density at radius 2 is 2.44 bits per heavy atom. The van der Waals surface area contributed by atoms with Crippen molar-refractivity contribution >= 4 is 23.1 Å². The van der Waals surface area contributed by atoms with Crippen LogP contribution in [0.1, 0.15) is 13.3 Å². The number of hydrogen-bond acceptors (Lipinski definition) is 4. The van der Waals surface area contributed by atoms with Crippen LogP contribution in [0.15, 0.2) is 18.2 Å². The van der Waals surface area contributed by atoms with E-state index in [4.69, 9.17) is 4.74 Å². The summed E-state index contributed by atoms with van der Waals surface area (Å²) in [6, 6.07) is 7.03. The van der Waals surface area contributed by atoms with Gasteiger partial charge in [-0.25, -0.2) is 0 Å². The van der Waals surface area contributed by atoms with Gasteiger partial charge in [-0.2, -0.15) is 11.8 Å².